The van der Waals surface area contributed by atoms with Crippen molar-refractivity contribution in [2.24, 2.45) is 21.7 Å². The van der Waals surface area contributed by atoms with Crippen LogP contribution in [0.1, 0.15) is 183 Å². The van der Waals surface area contributed by atoms with Crippen molar-refractivity contribution >= 4 is 46.2 Å². The van der Waals surface area contributed by atoms with Gasteiger partial charge in [-0.2, -0.15) is 0 Å². The Morgan fingerprint density at radius 1 is 0.355 bits per heavy atom. The molecule has 4 N–H and O–H groups in total. The molecule has 124 heavy (non-hydrogen) atoms. The lowest BCUT2D eigenvalue weighted by atomic mass is 9.85. The van der Waals surface area contributed by atoms with Gasteiger partial charge in [-0.05, 0) is 259 Å². The molecular weight excluding hydrogens is 1600 g/mol. The minimum Gasteiger partial charge on any atom is -0.494 e. The molecule has 0 spiro atoms. The number of carbonyl (C=O) groups is 4. The van der Waals surface area contributed by atoms with Gasteiger partial charge in [-0.15, -0.1) is 0 Å². The quantitative estimate of drug-likeness (QED) is 0.0744. The number of halogens is 6. The predicted octanol–water partition coefficient (Wildman–Crippen LogP) is 19.3. The van der Waals surface area contributed by atoms with E-state index in [1.165, 1.54) is 103 Å². The Balaban J connectivity index is 0.000000128. The van der Waals surface area contributed by atoms with Crippen LogP contribution in [0.25, 0.3) is 22.3 Å². The number of ether oxygens (including phenoxy) is 6. The van der Waals surface area contributed by atoms with Gasteiger partial charge in [0.2, 0.25) is 0 Å². The van der Waals surface area contributed by atoms with Gasteiger partial charge in [0.1, 0.15) is 72.7 Å². The number of carboxylic acids is 4. The highest BCUT2D eigenvalue weighted by atomic mass is 19.1. The first-order valence-electron chi connectivity index (χ1n) is 42.6. The van der Waals surface area contributed by atoms with Crippen LogP contribution in [-0.4, -0.2) is 157 Å². The Kier molecular flexibility index (Phi) is 25.6. The van der Waals surface area contributed by atoms with Gasteiger partial charge in [-0.3, -0.25) is 19.2 Å². The number of likely N-dealkylation sites (tertiary alicyclic amines) is 4. The van der Waals surface area contributed by atoms with Gasteiger partial charge < -0.3 is 68.4 Å². The monoisotopic (exact) mass is 1700 g/mol. The van der Waals surface area contributed by atoms with Gasteiger partial charge in [0, 0.05) is 124 Å². The number of rotatable bonds is 14. The molecule has 4 saturated heterocycles. The Morgan fingerprint density at radius 3 is 0.960 bits per heavy atom. The van der Waals surface area contributed by atoms with Gasteiger partial charge in [-0.25, -0.2) is 26.3 Å². The minimum atomic E-state index is -0.839. The standard InChI is InChI=1S/C25H25F2NO4.C25H27F2NO4.C25H26FNO3.C25H28FNO3/c1-31-22-12-18-16(10-20(22)27)13-32-21-3-2-17(26)11-19(21)23(18)15-4-8-28(9-5-15)14-25(6-7-25)24(29)30;1-25(2,24(29)30)14-28-8-6-15(7-9-28)23-18-12-22(31-3)20(27)10-16(18)13-32-21-5-4-17(26)11-19(21)23;1-16-2-4-20-18(12-16)14-30-22-13-19(26)3-5-21(22)23(20)17-6-10-27(11-7-17)15-25(8-9-25)24(28)29;1-16-4-6-20-18(12-16)14-30-22-13-19(26)5-7-21(22)23(20)17-8-10-27(11-9-17)15-25(2,3)24(28)29/h2-3,10-12H,4-9,13-14H2,1H3,(H,29,30);4-5,10-12H,6-9,13-14H2,1-3H3,(H,29,30);2-5,12-13H,6-11,14-15H2,1H3,(H,28,29);4-7,12-13H,8-11,14-15H2,1-3H3,(H,28,29). The number of fused-ring (bicyclic) bond motifs is 8. The predicted molar refractivity (Wildman–Crippen MR) is 459 cm³/mol. The first-order chi connectivity index (χ1) is 59.3. The first-order valence-corrected chi connectivity index (χ1v) is 42.6. The molecule has 0 radical (unpaired) electrons. The van der Waals surface area contributed by atoms with Crippen LogP contribution in [0.3, 0.4) is 0 Å². The first kappa shape index (κ1) is 87.7. The minimum absolute atomic E-state index is 0.127. The average molecular weight is 1700 g/mol. The summed E-state index contributed by atoms with van der Waals surface area (Å²) in [5, 5.41) is 37.9. The summed E-state index contributed by atoms with van der Waals surface area (Å²) in [4.78, 5) is 55.0. The number of benzene rings is 8. The topological polar surface area (TPSA) is 218 Å². The zero-order chi connectivity index (χ0) is 87.8. The molecule has 2 saturated carbocycles. The van der Waals surface area contributed by atoms with E-state index in [1.54, 1.807) is 52.0 Å². The molecule has 0 bridgehead atoms. The summed E-state index contributed by atoms with van der Waals surface area (Å²) in [5.74, 6) is -2.67. The van der Waals surface area contributed by atoms with E-state index in [2.05, 4.69) is 69.8 Å². The summed E-state index contributed by atoms with van der Waals surface area (Å²) in [5.41, 5.74) is 19.3. The number of carboxylic acid groups (broad SMARTS) is 4. The van der Waals surface area contributed by atoms with Crippen LogP contribution in [0.15, 0.2) is 156 Å². The van der Waals surface area contributed by atoms with Crippen molar-refractivity contribution in [1.29, 1.82) is 0 Å². The van der Waals surface area contributed by atoms with Crippen LogP contribution in [0.2, 0.25) is 0 Å². The highest BCUT2D eigenvalue weighted by Crippen LogP contribution is 2.52. The van der Waals surface area contributed by atoms with Gasteiger partial charge >= 0.3 is 23.9 Å². The molecule has 652 valence electrons. The fraction of sp³-hybridized carbons (Fsp3) is 0.400. The summed E-state index contributed by atoms with van der Waals surface area (Å²) in [6.45, 7) is 20.7. The third-order valence-corrected chi connectivity index (χ3v) is 26.1. The number of aliphatic carboxylic acids is 4. The third-order valence-electron chi connectivity index (χ3n) is 26.1. The largest absolute Gasteiger partial charge is 0.494 e. The molecule has 24 heteroatoms. The number of hydrogen-bond acceptors (Lipinski definition) is 14. The molecule has 8 aromatic rings. The van der Waals surface area contributed by atoms with Crippen LogP contribution < -0.4 is 28.4 Å². The van der Waals surface area contributed by atoms with Gasteiger partial charge in [0.05, 0.1) is 35.9 Å². The van der Waals surface area contributed by atoms with Gasteiger partial charge in [0.15, 0.2) is 23.1 Å². The Hall–Kier alpha value is -11.2. The maximum atomic E-state index is 14.4. The number of methoxy groups -OCH3 is 2. The van der Waals surface area contributed by atoms with E-state index < -0.39 is 57.2 Å². The Morgan fingerprint density at radius 2 is 0.645 bits per heavy atom. The number of hydrogen-bond donors (Lipinski definition) is 4. The van der Waals surface area contributed by atoms with Crippen LogP contribution in [0, 0.1) is 70.4 Å². The van der Waals surface area contributed by atoms with E-state index in [4.69, 9.17) is 28.4 Å². The number of piperidine rings is 4. The van der Waals surface area contributed by atoms with Gasteiger partial charge in [0.25, 0.3) is 0 Å². The Bertz CT molecular complexity index is 5200. The highest BCUT2D eigenvalue weighted by Gasteiger charge is 2.52. The zero-order valence-corrected chi connectivity index (χ0v) is 71.4. The van der Waals surface area contributed by atoms with E-state index in [1.807, 2.05) is 12.1 Å². The lowest BCUT2D eigenvalue weighted by molar-refractivity contribution is -0.148. The lowest BCUT2D eigenvalue weighted by Gasteiger charge is -2.34. The van der Waals surface area contributed by atoms with E-state index >= 15 is 0 Å². The molecule has 10 aliphatic rings. The van der Waals surface area contributed by atoms with Crippen LogP contribution >= 0.6 is 0 Å². The molecule has 8 aliphatic heterocycles. The molecule has 0 atom stereocenters. The van der Waals surface area contributed by atoms with E-state index in [0.29, 0.717) is 111 Å². The van der Waals surface area contributed by atoms with Crippen molar-refractivity contribution < 1.29 is 94.4 Å². The number of aryl methyl sites for hydroxylation is 2. The molecule has 18 nitrogen and oxygen atoms in total. The third kappa shape index (κ3) is 19.1. The van der Waals surface area contributed by atoms with Crippen molar-refractivity contribution in [3.05, 3.63) is 269 Å². The molecule has 0 unspecified atom stereocenters. The lowest BCUT2D eigenvalue weighted by Crippen LogP contribution is -2.42. The van der Waals surface area contributed by atoms with Crippen molar-refractivity contribution in [2.45, 2.75) is 145 Å². The highest BCUT2D eigenvalue weighted by molar-refractivity contribution is 5.91. The molecule has 8 heterocycles. The van der Waals surface area contributed by atoms with Crippen LogP contribution in [0.4, 0.5) is 26.3 Å². The molecular formula is C100H106F6N4O14. The molecule has 6 fully saturated rings. The number of nitrogens with zero attached hydrogens (tertiary/aromatic N) is 4. The smallest absolute Gasteiger partial charge is 0.310 e. The van der Waals surface area contributed by atoms with Gasteiger partial charge in [-0.1, -0.05) is 69.8 Å². The van der Waals surface area contributed by atoms with E-state index in [9.17, 15) is 65.9 Å². The van der Waals surface area contributed by atoms with Crippen molar-refractivity contribution in [2.75, 3.05) is 92.8 Å². The molecule has 18 rings (SSSR count). The summed E-state index contributed by atoms with van der Waals surface area (Å²) >= 11 is 0. The second kappa shape index (κ2) is 36.2. The van der Waals surface area contributed by atoms with E-state index in [0.717, 1.165) is 176 Å². The molecule has 2 aliphatic carbocycles. The van der Waals surface area contributed by atoms with Crippen LogP contribution in [0.5, 0.6) is 34.5 Å². The normalized spacial score (nSPS) is 18.3. The van der Waals surface area contributed by atoms with Crippen molar-refractivity contribution in [3.63, 3.8) is 0 Å². The van der Waals surface area contributed by atoms with E-state index in [-0.39, 0.29) is 48.0 Å². The fourth-order valence-electron chi connectivity index (χ4n) is 18.6. The second-order valence-electron chi connectivity index (χ2n) is 35.9. The summed E-state index contributed by atoms with van der Waals surface area (Å²) in [7, 11) is 2.84. The fourth-order valence-corrected chi connectivity index (χ4v) is 18.6. The summed E-state index contributed by atoms with van der Waals surface area (Å²) < 4.78 is 119. The van der Waals surface area contributed by atoms with Crippen LogP contribution in [-0.2, 0) is 45.6 Å². The summed E-state index contributed by atoms with van der Waals surface area (Å²) in [6.07, 6.45) is 9.35. The molecule has 0 aromatic heterocycles. The zero-order valence-electron chi connectivity index (χ0n) is 71.4. The maximum absolute atomic E-state index is 14.4. The van der Waals surface area contributed by atoms with Crippen molar-refractivity contribution in [3.8, 4) is 34.5 Å². The SMILES string of the molecule is COc1cc2c(cc1F)COc1ccc(F)cc1C2=C1CCN(CC(C)(C)C(=O)O)CC1.COc1cc2c(cc1F)COc1ccc(F)cc1C2=C1CCN(CC2(C(=O)O)CC2)CC1.Cc1ccc2c(c1)COc1cc(F)ccc1C2=C1CCN(CC(C)(C)C(=O)O)CC1.Cc1ccc2c(c1)COc1cc(F)ccc1C2=C1CCN(CC2(C(=O)O)CC2)CC1. The average Bonchev–Trinajstić information content (AvgIpc) is 1.55. The molecule has 8 aromatic carbocycles. The molecule has 0 amide bonds. The maximum Gasteiger partial charge on any atom is 0.310 e. The van der Waals surface area contributed by atoms with Crippen molar-refractivity contribution in [1.82, 2.24) is 19.6 Å². The second-order valence-corrected chi connectivity index (χ2v) is 35.9. The Labute approximate surface area is 719 Å². The summed E-state index contributed by atoms with van der Waals surface area (Å²) in [6, 6.07) is 37.5.